The van der Waals surface area contributed by atoms with E-state index in [0.29, 0.717) is 18.7 Å². The third-order valence-electron chi connectivity index (χ3n) is 5.59. The molecule has 2 N–H and O–H groups in total. The molecule has 1 aliphatic rings. The third kappa shape index (κ3) is 6.21. The first-order valence-electron chi connectivity index (χ1n) is 10.7. The first-order chi connectivity index (χ1) is 15.6. The van der Waals surface area contributed by atoms with Crippen LogP contribution in [0.4, 0.5) is 10.1 Å². The fourth-order valence-electron chi connectivity index (χ4n) is 3.57. The molecular formula is C23H30FN3O5S. The molecule has 3 atom stereocenters. The quantitative estimate of drug-likeness (QED) is 0.700. The molecule has 2 aromatic rings. The van der Waals surface area contributed by atoms with Gasteiger partial charge in [0, 0.05) is 39.4 Å². The van der Waals surface area contributed by atoms with Gasteiger partial charge in [-0.1, -0.05) is 13.0 Å². The van der Waals surface area contributed by atoms with E-state index in [1.807, 2.05) is 6.92 Å². The minimum atomic E-state index is -4.02. The van der Waals surface area contributed by atoms with Gasteiger partial charge in [-0.2, -0.15) is 0 Å². The van der Waals surface area contributed by atoms with Crippen molar-refractivity contribution in [2.24, 2.45) is 5.92 Å². The molecule has 0 saturated heterocycles. The Labute approximate surface area is 194 Å². The number of ether oxygens (including phenoxy) is 2. The minimum Gasteiger partial charge on any atom is -0.491 e. The number of halogens is 1. The van der Waals surface area contributed by atoms with Crippen LogP contribution in [0.3, 0.4) is 0 Å². The van der Waals surface area contributed by atoms with Crippen molar-refractivity contribution < 1.29 is 27.1 Å². The molecule has 0 fully saturated rings. The third-order valence-corrected chi connectivity index (χ3v) is 6.96. The van der Waals surface area contributed by atoms with E-state index < -0.39 is 15.8 Å². The summed E-state index contributed by atoms with van der Waals surface area (Å²) in [5.41, 5.74) is 0.506. The number of anilines is 1. The highest BCUT2D eigenvalue weighted by Gasteiger charge is 2.26. The lowest BCUT2D eigenvalue weighted by molar-refractivity contribution is 0.0281. The van der Waals surface area contributed by atoms with Gasteiger partial charge in [-0.15, -0.1) is 0 Å². The summed E-state index contributed by atoms with van der Waals surface area (Å²) in [6.45, 7) is 5.37. The number of nitrogens with one attached hydrogen (secondary N) is 2. The molecule has 0 radical (unpaired) electrons. The molecule has 33 heavy (non-hydrogen) atoms. The lowest BCUT2D eigenvalue weighted by atomic mass is 10.0. The molecule has 0 aliphatic carbocycles. The summed E-state index contributed by atoms with van der Waals surface area (Å²) in [6, 6.07) is 9.18. The van der Waals surface area contributed by atoms with E-state index in [1.165, 1.54) is 36.4 Å². The van der Waals surface area contributed by atoms with Crippen molar-refractivity contribution in [2.75, 3.05) is 38.6 Å². The van der Waals surface area contributed by atoms with E-state index in [-0.39, 0.29) is 46.9 Å². The number of fused-ring (bicyclic) bond motifs is 1. The Morgan fingerprint density at radius 1 is 1.21 bits per heavy atom. The molecule has 1 amide bonds. The van der Waals surface area contributed by atoms with Gasteiger partial charge >= 0.3 is 0 Å². The Bertz CT molecular complexity index is 1100. The van der Waals surface area contributed by atoms with Crippen molar-refractivity contribution in [3.05, 3.63) is 53.8 Å². The number of nitrogens with zero attached hydrogens (tertiary/aromatic N) is 1. The van der Waals surface area contributed by atoms with Crippen molar-refractivity contribution in [1.82, 2.24) is 10.2 Å². The van der Waals surface area contributed by atoms with Crippen molar-refractivity contribution in [1.29, 1.82) is 0 Å². The van der Waals surface area contributed by atoms with Gasteiger partial charge in [-0.05, 0) is 43.2 Å². The number of rotatable bonds is 4. The molecule has 0 saturated carbocycles. The Morgan fingerprint density at radius 3 is 2.67 bits per heavy atom. The average Bonchev–Trinajstić information content (AvgIpc) is 2.78. The molecule has 3 rings (SSSR count). The number of hydrogen-bond acceptors (Lipinski definition) is 6. The van der Waals surface area contributed by atoms with Crippen LogP contribution in [0, 0.1) is 11.7 Å². The number of likely N-dealkylation sites (N-methyl/N-ethyl adjacent to an activating group) is 1. The number of hydrogen-bond donors (Lipinski definition) is 2. The van der Waals surface area contributed by atoms with Crippen LogP contribution in [0.2, 0.25) is 0 Å². The lowest BCUT2D eigenvalue weighted by Gasteiger charge is -2.30. The van der Waals surface area contributed by atoms with Crippen LogP contribution in [0.25, 0.3) is 0 Å². The van der Waals surface area contributed by atoms with Gasteiger partial charge in [-0.3, -0.25) is 9.52 Å². The standard InChI is InChI=1S/C23H30FN3O5S/c1-15-12-25-16(2)14-32-21-11-18(26-33(29,30)19-7-5-6-17(24)10-19)8-9-20(21)23(28)27(3)13-22(15)31-4/h5-11,15-16,22,25-26H,12-14H2,1-4H3/t15-,16+,22+/m0/s1. The molecule has 8 nitrogen and oxygen atoms in total. The molecule has 1 heterocycles. The molecule has 180 valence electrons. The van der Waals surface area contributed by atoms with Gasteiger partial charge in [0.05, 0.1) is 22.3 Å². The van der Waals surface area contributed by atoms with Crippen molar-refractivity contribution in [3.8, 4) is 5.75 Å². The van der Waals surface area contributed by atoms with Gasteiger partial charge in [0.2, 0.25) is 0 Å². The van der Waals surface area contributed by atoms with Crippen LogP contribution in [0.15, 0.2) is 47.4 Å². The molecule has 1 aliphatic heterocycles. The predicted molar refractivity (Wildman–Crippen MR) is 124 cm³/mol. The Kier molecular flexibility index (Phi) is 7.93. The van der Waals surface area contributed by atoms with E-state index >= 15 is 0 Å². The number of methoxy groups -OCH3 is 1. The van der Waals surface area contributed by atoms with Gasteiger partial charge in [-0.25, -0.2) is 12.8 Å². The normalized spacial score (nSPS) is 22.5. The van der Waals surface area contributed by atoms with Gasteiger partial charge in [0.1, 0.15) is 18.2 Å². The maximum absolute atomic E-state index is 13.5. The molecule has 0 unspecified atom stereocenters. The summed E-state index contributed by atoms with van der Waals surface area (Å²) in [7, 11) is -0.708. The minimum absolute atomic E-state index is 0.0160. The second kappa shape index (κ2) is 10.5. The second-order valence-corrected chi connectivity index (χ2v) is 10.0. The van der Waals surface area contributed by atoms with E-state index in [1.54, 1.807) is 19.1 Å². The molecular weight excluding hydrogens is 449 g/mol. The van der Waals surface area contributed by atoms with E-state index in [0.717, 1.165) is 6.07 Å². The van der Waals surface area contributed by atoms with E-state index in [2.05, 4.69) is 17.0 Å². The number of carbonyl (C=O) groups is 1. The van der Waals surface area contributed by atoms with Crippen molar-refractivity contribution in [2.45, 2.75) is 30.9 Å². The van der Waals surface area contributed by atoms with Crippen LogP contribution in [-0.4, -0.2) is 65.2 Å². The second-order valence-electron chi connectivity index (χ2n) is 8.33. The van der Waals surface area contributed by atoms with Crippen molar-refractivity contribution >= 4 is 21.6 Å². The number of amides is 1. The van der Waals surface area contributed by atoms with Gasteiger partial charge < -0.3 is 19.7 Å². The molecule has 0 spiro atoms. The SMILES string of the molecule is CO[C@@H]1CN(C)C(=O)c2ccc(NS(=O)(=O)c3cccc(F)c3)cc2OC[C@@H](C)NC[C@@H]1C. The van der Waals surface area contributed by atoms with Crippen LogP contribution in [-0.2, 0) is 14.8 Å². The summed E-state index contributed by atoms with van der Waals surface area (Å²) < 4.78 is 52.8. The van der Waals surface area contributed by atoms with Crippen LogP contribution in [0.1, 0.15) is 24.2 Å². The van der Waals surface area contributed by atoms with Gasteiger partial charge in [0.25, 0.3) is 15.9 Å². The molecule has 10 heteroatoms. The highest BCUT2D eigenvalue weighted by Crippen LogP contribution is 2.27. The summed E-state index contributed by atoms with van der Waals surface area (Å²) in [4.78, 5) is 14.5. The Morgan fingerprint density at radius 2 is 1.97 bits per heavy atom. The van der Waals surface area contributed by atoms with E-state index in [4.69, 9.17) is 9.47 Å². The zero-order chi connectivity index (χ0) is 24.2. The smallest absolute Gasteiger partial charge is 0.261 e. The summed E-state index contributed by atoms with van der Waals surface area (Å²) in [5, 5.41) is 3.40. The maximum Gasteiger partial charge on any atom is 0.261 e. The maximum atomic E-state index is 13.5. The van der Waals surface area contributed by atoms with E-state index in [9.17, 15) is 17.6 Å². The summed E-state index contributed by atoms with van der Waals surface area (Å²) >= 11 is 0. The highest BCUT2D eigenvalue weighted by atomic mass is 32.2. The van der Waals surface area contributed by atoms with Crippen molar-refractivity contribution in [3.63, 3.8) is 0 Å². The Balaban J connectivity index is 1.92. The first kappa shape index (κ1) is 24.9. The lowest BCUT2D eigenvalue weighted by Crippen LogP contribution is -2.44. The van der Waals surface area contributed by atoms with Gasteiger partial charge in [0.15, 0.2) is 0 Å². The van der Waals surface area contributed by atoms with Crippen LogP contribution >= 0.6 is 0 Å². The number of benzene rings is 2. The fourth-order valence-corrected chi connectivity index (χ4v) is 4.65. The first-order valence-corrected chi connectivity index (χ1v) is 12.2. The molecule has 0 aromatic heterocycles. The van der Waals surface area contributed by atoms with Crippen LogP contribution < -0.4 is 14.8 Å². The highest BCUT2D eigenvalue weighted by molar-refractivity contribution is 7.92. The molecule has 2 aromatic carbocycles. The summed E-state index contributed by atoms with van der Waals surface area (Å²) in [6.07, 6.45) is -0.153. The zero-order valence-corrected chi connectivity index (χ0v) is 20.0. The average molecular weight is 480 g/mol. The summed E-state index contributed by atoms with van der Waals surface area (Å²) in [5.74, 6) is -0.494. The molecule has 0 bridgehead atoms. The Hall–Kier alpha value is -2.69. The predicted octanol–water partition coefficient (Wildman–Crippen LogP) is 2.72. The van der Waals surface area contributed by atoms with Crippen LogP contribution in [0.5, 0.6) is 5.75 Å². The largest absolute Gasteiger partial charge is 0.491 e. The fraction of sp³-hybridized carbons (Fsp3) is 0.435. The zero-order valence-electron chi connectivity index (χ0n) is 19.2. The topological polar surface area (TPSA) is 97.0 Å². The number of sulfonamides is 1. The number of carbonyl (C=O) groups excluding carboxylic acids is 1. The monoisotopic (exact) mass is 479 g/mol.